The molecule has 20 heavy (non-hydrogen) atoms. The molecule has 0 bridgehead atoms. The Balaban J connectivity index is 2.07. The van der Waals surface area contributed by atoms with E-state index in [1.54, 1.807) is 20.8 Å². The number of esters is 2. The van der Waals surface area contributed by atoms with E-state index in [1.165, 1.54) is 0 Å². The van der Waals surface area contributed by atoms with Crippen LogP contribution in [0.1, 0.15) is 47.0 Å². The Labute approximate surface area is 119 Å². The van der Waals surface area contributed by atoms with Crippen molar-refractivity contribution in [1.29, 1.82) is 5.26 Å². The Morgan fingerprint density at radius 3 is 2.70 bits per heavy atom. The molecule has 5 nitrogen and oxygen atoms in total. The molecule has 1 saturated heterocycles. The summed E-state index contributed by atoms with van der Waals surface area (Å²) in [5.74, 6) is -0.897. The number of nitriles is 1. The molecule has 4 atom stereocenters. The fourth-order valence-electron chi connectivity index (χ4n) is 2.90. The van der Waals surface area contributed by atoms with Crippen molar-refractivity contribution in [2.24, 2.45) is 16.7 Å². The van der Waals surface area contributed by atoms with E-state index in [0.717, 1.165) is 6.42 Å². The van der Waals surface area contributed by atoms with Crippen molar-refractivity contribution in [3.63, 3.8) is 0 Å². The zero-order valence-electron chi connectivity index (χ0n) is 12.4. The van der Waals surface area contributed by atoms with Crippen LogP contribution in [0.25, 0.3) is 0 Å². The van der Waals surface area contributed by atoms with Crippen LogP contribution in [0, 0.1) is 28.1 Å². The van der Waals surface area contributed by atoms with Gasteiger partial charge in [-0.2, -0.15) is 5.26 Å². The zero-order valence-corrected chi connectivity index (χ0v) is 12.4. The van der Waals surface area contributed by atoms with Gasteiger partial charge in [0.15, 0.2) is 5.41 Å². The predicted molar refractivity (Wildman–Crippen MR) is 70.3 cm³/mol. The molecule has 1 saturated carbocycles. The maximum Gasteiger partial charge on any atom is 0.327 e. The lowest BCUT2D eigenvalue weighted by atomic mass is 9.63. The molecule has 2 rings (SSSR count). The van der Waals surface area contributed by atoms with Gasteiger partial charge in [-0.25, -0.2) is 0 Å². The van der Waals surface area contributed by atoms with Crippen LogP contribution in [0.2, 0.25) is 0 Å². The fourth-order valence-corrected chi connectivity index (χ4v) is 2.90. The van der Waals surface area contributed by atoms with Crippen LogP contribution < -0.4 is 0 Å². The molecule has 0 aromatic rings. The topological polar surface area (TPSA) is 76.4 Å². The lowest BCUT2D eigenvalue weighted by molar-refractivity contribution is -0.182. The molecule has 2 aliphatic rings. The smallest absolute Gasteiger partial charge is 0.327 e. The second kappa shape index (κ2) is 4.76. The summed E-state index contributed by atoms with van der Waals surface area (Å²) < 4.78 is 10.7. The van der Waals surface area contributed by atoms with Crippen LogP contribution in [0.15, 0.2) is 0 Å². The first-order chi connectivity index (χ1) is 9.26. The molecule has 0 N–H and O–H groups in total. The van der Waals surface area contributed by atoms with Gasteiger partial charge in [-0.3, -0.25) is 9.59 Å². The van der Waals surface area contributed by atoms with Gasteiger partial charge in [0.2, 0.25) is 0 Å². The molecular weight excluding hydrogens is 258 g/mol. The number of hydrogen-bond acceptors (Lipinski definition) is 5. The Kier molecular flexibility index (Phi) is 3.53. The summed E-state index contributed by atoms with van der Waals surface area (Å²) in [5.41, 5.74) is -1.62. The SMILES string of the molecule is CCCC1(C#N)C(=O)OC2C(OC(=O)C(C)(C)C)CC21. The first kappa shape index (κ1) is 14.8. The Bertz CT molecular complexity index is 473. The Hall–Kier alpha value is -1.57. The van der Waals surface area contributed by atoms with Gasteiger partial charge in [0.05, 0.1) is 11.5 Å². The normalized spacial score (nSPS) is 35.5. The van der Waals surface area contributed by atoms with Crippen LogP contribution in [0.4, 0.5) is 0 Å². The molecule has 1 aliphatic heterocycles. The molecule has 0 aromatic carbocycles. The van der Waals surface area contributed by atoms with Gasteiger partial charge in [-0.05, 0) is 33.6 Å². The van der Waals surface area contributed by atoms with Crippen LogP contribution >= 0.6 is 0 Å². The quantitative estimate of drug-likeness (QED) is 0.740. The summed E-state index contributed by atoms with van der Waals surface area (Å²) in [6.07, 6.45) is 0.941. The molecule has 5 heteroatoms. The Morgan fingerprint density at radius 2 is 2.20 bits per heavy atom. The van der Waals surface area contributed by atoms with Gasteiger partial charge in [-0.1, -0.05) is 13.3 Å². The number of carbonyl (C=O) groups is 2. The minimum absolute atomic E-state index is 0.141. The highest BCUT2D eigenvalue weighted by atomic mass is 16.6. The van der Waals surface area contributed by atoms with Crippen LogP contribution in [-0.2, 0) is 19.1 Å². The molecular formula is C15H21NO4. The van der Waals surface area contributed by atoms with Gasteiger partial charge in [0.1, 0.15) is 12.2 Å². The van der Waals surface area contributed by atoms with E-state index < -0.39 is 29.0 Å². The zero-order chi connectivity index (χ0) is 15.1. The molecule has 1 heterocycles. The van der Waals surface area contributed by atoms with E-state index in [9.17, 15) is 14.9 Å². The highest BCUT2D eigenvalue weighted by Gasteiger charge is 2.66. The fraction of sp³-hybridized carbons (Fsp3) is 0.800. The summed E-state index contributed by atoms with van der Waals surface area (Å²) in [7, 11) is 0. The molecule has 4 unspecified atom stereocenters. The van der Waals surface area contributed by atoms with Gasteiger partial charge < -0.3 is 9.47 Å². The summed E-state index contributed by atoms with van der Waals surface area (Å²) in [6, 6.07) is 2.15. The second-order valence-electron chi connectivity index (χ2n) is 6.74. The third-order valence-corrected chi connectivity index (χ3v) is 4.20. The van der Waals surface area contributed by atoms with Crippen molar-refractivity contribution in [3.8, 4) is 6.07 Å². The van der Waals surface area contributed by atoms with Crippen LogP contribution in [0.5, 0.6) is 0 Å². The summed E-state index contributed by atoms with van der Waals surface area (Å²) in [5, 5.41) is 9.38. The van der Waals surface area contributed by atoms with E-state index in [4.69, 9.17) is 9.47 Å². The first-order valence-corrected chi connectivity index (χ1v) is 7.09. The van der Waals surface area contributed by atoms with Crippen molar-refractivity contribution in [2.75, 3.05) is 0 Å². The highest BCUT2D eigenvalue weighted by Crippen LogP contribution is 2.54. The standard InChI is InChI=1S/C15H21NO4/c1-5-6-15(8-16)9-7-10(11(9)20-13(15)18)19-12(17)14(2,3)4/h9-11H,5-7H2,1-4H3. The number of hydrogen-bond donors (Lipinski definition) is 0. The average molecular weight is 279 g/mol. The lowest BCUT2D eigenvalue weighted by Crippen LogP contribution is -2.52. The van der Waals surface area contributed by atoms with Gasteiger partial charge >= 0.3 is 11.9 Å². The molecule has 0 amide bonds. The average Bonchev–Trinajstić information content (AvgIpc) is 2.56. The molecule has 1 aliphatic carbocycles. The lowest BCUT2D eigenvalue weighted by Gasteiger charge is -2.41. The third kappa shape index (κ3) is 2.07. The largest absolute Gasteiger partial charge is 0.458 e. The minimum Gasteiger partial charge on any atom is -0.458 e. The maximum absolute atomic E-state index is 12.0. The second-order valence-corrected chi connectivity index (χ2v) is 6.74. The van der Waals surface area contributed by atoms with Crippen molar-refractivity contribution in [3.05, 3.63) is 0 Å². The number of carbonyl (C=O) groups excluding carboxylic acids is 2. The number of fused-ring (bicyclic) bond motifs is 1. The van der Waals surface area contributed by atoms with E-state index in [-0.39, 0.29) is 11.9 Å². The number of ether oxygens (including phenoxy) is 2. The van der Waals surface area contributed by atoms with E-state index in [1.807, 2.05) is 6.92 Å². The molecule has 0 spiro atoms. The van der Waals surface area contributed by atoms with E-state index in [0.29, 0.717) is 12.8 Å². The van der Waals surface area contributed by atoms with Crippen LogP contribution in [0.3, 0.4) is 0 Å². The maximum atomic E-state index is 12.0. The highest BCUT2D eigenvalue weighted by molar-refractivity contribution is 5.84. The van der Waals surface area contributed by atoms with Gasteiger partial charge in [0, 0.05) is 5.92 Å². The van der Waals surface area contributed by atoms with Crippen molar-refractivity contribution in [2.45, 2.75) is 59.2 Å². The van der Waals surface area contributed by atoms with Gasteiger partial charge in [0.25, 0.3) is 0 Å². The van der Waals surface area contributed by atoms with Gasteiger partial charge in [-0.15, -0.1) is 0 Å². The molecule has 0 aromatic heterocycles. The third-order valence-electron chi connectivity index (χ3n) is 4.20. The van der Waals surface area contributed by atoms with Crippen molar-refractivity contribution >= 4 is 11.9 Å². The minimum atomic E-state index is -1.04. The summed E-state index contributed by atoms with van der Waals surface area (Å²) in [6.45, 7) is 7.28. The first-order valence-electron chi connectivity index (χ1n) is 7.09. The monoisotopic (exact) mass is 279 g/mol. The summed E-state index contributed by atoms with van der Waals surface area (Å²) in [4.78, 5) is 23.9. The van der Waals surface area contributed by atoms with Crippen molar-refractivity contribution in [1.82, 2.24) is 0 Å². The number of rotatable bonds is 3. The van der Waals surface area contributed by atoms with Crippen molar-refractivity contribution < 1.29 is 19.1 Å². The molecule has 110 valence electrons. The molecule has 2 fully saturated rings. The van der Waals surface area contributed by atoms with E-state index >= 15 is 0 Å². The van der Waals surface area contributed by atoms with Crippen LogP contribution in [-0.4, -0.2) is 24.1 Å². The Morgan fingerprint density at radius 1 is 1.55 bits per heavy atom. The van der Waals surface area contributed by atoms with E-state index in [2.05, 4.69) is 6.07 Å². The molecule has 0 radical (unpaired) electrons. The predicted octanol–water partition coefficient (Wildman–Crippen LogP) is 2.20. The number of nitrogens with zero attached hydrogens (tertiary/aromatic N) is 1. The summed E-state index contributed by atoms with van der Waals surface area (Å²) >= 11 is 0.